The molecule has 1 saturated heterocycles. The van der Waals surface area contributed by atoms with Crippen molar-refractivity contribution >= 4 is 40.2 Å². The molecule has 6 heteroatoms. The Labute approximate surface area is 145 Å². The minimum atomic E-state index is -0.364. The lowest BCUT2D eigenvalue weighted by molar-refractivity contribution is -0.139. The number of nitrogens with zero attached hydrogens (tertiary/aromatic N) is 1. The zero-order valence-corrected chi connectivity index (χ0v) is 14.3. The molecule has 2 aromatic rings. The molecule has 1 aromatic heterocycles. The number of aromatic amines is 1. The predicted octanol–water partition coefficient (Wildman–Crippen LogP) is 3.20. The Morgan fingerprint density at radius 1 is 1.21 bits per heavy atom. The van der Waals surface area contributed by atoms with Crippen molar-refractivity contribution in [1.82, 2.24) is 9.88 Å². The van der Waals surface area contributed by atoms with Gasteiger partial charge in [0.05, 0.1) is 11.6 Å². The zero-order valence-electron chi connectivity index (χ0n) is 13.5. The Balaban J connectivity index is 1.50. The van der Waals surface area contributed by atoms with Gasteiger partial charge < -0.3 is 15.2 Å². The van der Waals surface area contributed by atoms with Crippen molar-refractivity contribution < 1.29 is 9.59 Å². The first-order chi connectivity index (χ1) is 11.7. The Morgan fingerprint density at radius 2 is 2.04 bits per heavy atom. The summed E-state index contributed by atoms with van der Waals surface area (Å²) in [7, 11) is 0. The summed E-state index contributed by atoms with van der Waals surface area (Å²) in [5.41, 5.74) is 1.79. The van der Waals surface area contributed by atoms with Crippen LogP contribution >= 0.6 is 11.8 Å². The van der Waals surface area contributed by atoms with E-state index in [0.29, 0.717) is 11.6 Å². The summed E-state index contributed by atoms with van der Waals surface area (Å²) in [6.45, 7) is 0. The molecule has 1 aliphatic carbocycles. The van der Waals surface area contributed by atoms with E-state index in [0.717, 1.165) is 42.3 Å². The third-order valence-corrected chi connectivity index (χ3v) is 6.04. The lowest BCUT2D eigenvalue weighted by Crippen LogP contribution is -2.46. The Kier molecular flexibility index (Phi) is 4.22. The molecule has 0 unspecified atom stereocenters. The molecular formula is C18H21N3O2S. The number of aromatic nitrogens is 1. The monoisotopic (exact) mass is 343 g/mol. The highest BCUT2D eigenvalue weighted by molar-refractivity contribution is 7.99. The van der Waals surface area contributed by atoms with Crippen LogP contribution < -0.4 is 5.32 Å². The molecule has 1 aliphatic heterocycles. The number of hydrogen-bond acceptors (Lipinski definition) is 3. The van der Waals surface area contributed by atoms with Crippen LogP contribution in [0.1, 0.15) is 25.7 Å². The average Bonchev–Trinajstić information content (AvgIpc) is 3.33. The van der Waals surface area contributed by atoms with Crippen LogP contribution in [0.25, 0.3) is 10.9 Å². The second-order valence-electron chi connectivity index (χ2n) is 6.54. The maximum atomic E-state index is 12.8. The summed E-state index contributed by atoms with van der Waals surface area (Å²) in [5, 5.41) is 4.01. The van der Waals surface area contributed by atoms with Gasteiger partial charge in [-0.15, -0.1) is 11.8 Å². The second-order valence-corrected chi connectivity index (χ2v) is 7.54. The normalized spacial score (nSPS) is 21.5. The Hall–Kier alpha value is -1.95. The van der Waals surface area contributed by atoms with Gasteiger partial charge in [0.1, 0.15) is 6.04 Å². The lowest BCUT2D eigenvalue weighted by Gasteiger charge is -2.25. The van der Waals surface area contributed by atoms with E-state index in [1.54, 1.807) is 16.7 Å². The Bertz CT molecular complexity index is 766. The van der Waals surface area contributed by atoms with E-state index in [4.69, 9.17) is 0 Å². The maximum absolute atomic E-state index is 12.8. The summed E-state index contributed by atoms with van der Waals surface area (Å²) >= 11 is 1.66. The fraction of sp³-hybridized carbons (Fsp3) is 0.444. The molecule has 24 heavy (non-hydrogen) atoms. The zero-order chi connectivity index (χ0) is 16.5. The first kappa shape index (κ1) is 15.6. The summed E-state index contributed by atoms with van der Waals surface area (Å²) in [6, 6.07) is 7.39. The number of hydrogen-bond donors (Lipinski definition) is 2. The van der Waals surface area contributed by atoms with Gasteiger partial charge in [-0.2, -0.15) is 0 Å². The molecule has 1 saturated carbocycles. The summed E-state index contributed by atoms with van der Waals surface area (Å²) in [4.78, 5) is 30.4. The number of benzene rings is 1. The number of amides is 2. The van der Waals surface area contributed by atoms with Gasteiger partial charge in [-0.25, -0.2) is 0 Å². The van der Waals surface area contributed by atoms with Crippen molar-refractivity contribution in [3.05, 3.63) is 30.5 Å². The number of H-pyrrole nitrogens is 1. The average molecular weight is 343 g/mol. The predicted molar refractivity (Wildman–Crippen MR) is 96.8 cm³/mol. The quantitative estimate of drug-likeness (QED) is 0.899. The van der Waals surface area contributed by atoms with Crippen molar-refractivity contribution in [3.8, 4) is 0 Å². The molecule has 1 atom stereocenters. The van der Waals surface area contributed by atoms with Crippen molar-refractivity contribution in [3.63, 3.8) is 0 Å². The molecule has 0 spiro atoms. The van der Waals surface area contributed by atoms with Crippen LogP contribution in [0.15, 0.2) is 30.5 Å². The van der Waals surface area contributed by atoms with Gasteiger partial charge in [-0.3, -0.25) is 9.59 Å². The molecule has 1 aromatic carbocycles. The van der Waals surface area contributed by atoms with Crippen LogP contribution in [0.4, 0.5) is 5.69 Å². The number of carbonyl (C=O) groups excluding carboxylic acids is 2. The van der Waals surface area contributed by atoms with E-state index < -0.39 is 0 Å². The van der Waals surface area contributed by atoms with Gasteiger partial charge in [-0.1, -0.05) is 18.9 Å². The van der Waals surface area contributed by atoms with Gasteiger partial charge in [0.2, 0.25) is 11.8 Å². The fourth-order valence-electron chi connectivity index (χ4n) is 3.69. The van der Waals surface area contributed by atoms with Gasteiger partial charge in [-0.05, 0) is 31.0 Å². The molecule has 5 nitrogen and oxygen atoms in total. The summed E-state index contributed by atoms with van der Waals surface area (Å²) < 4.78 is 0. The number of carbonyl (C=O) groups is 2. The molecule has 2 heterocycles. The third kappa shape index (κ3) is 2.79. The van der Waals surface area contributed by atoms with Crippen LogP contribution in [-0.2, 0) is 9.59 Å². The van der Waals surface area contributed by atoms with Crippen LogP contribution in [-0.4, -0.2) is 39.4 Å². The minimum absolute atomic E-state index is 0.0833. The first-order valence-corrected chi connectivity index (χ1v) is 9.65. The van der Waals surface area contributed by atoms with E-state index in [2.05, 4.69) is 10.3 Å². The summed E-state index contributed by atoms with van der Waals surface area (Å²) in [5.74, 6) is 1.50. The second kappa shape index (κ2) is 6.51. The fourth-order valence-corrected chi connectivity index (χ4v) is 4.86. The van der Waals surface area contributed by atoms with E-state index in [9.17, 15) is 9.59 Å². The van der Waals surface area contributed by atoms with Crippen molar-refractivity contribution in [2.24, 2.45) is 5.92 Å². The van der Waals surface area contributed by atoms with Crippen LogP contribution in [0.3, 0.4) is 0 Å². The third-order valence-electron chi connectivity index (χ3n) is 5.03. The van der Waals surface area contributed by atoms with E-state index in [-0.39, 0.29) is 23.8 Å². The SMILES string of the molecule is O=C(Nc1cccc2[nH]ccc12)[C@H]1CSCN1C(=O)C1CCCC1. The van der Waals surface area contributed by atoms with Gasteiger partial charge in [0.15, 0.2) is 0 Å². The molecular weight excluding hydrogens is 322 g/mol. The molecule has 0 bridgehead atoms. The highest BCUT2D eigenvalue weighted by atomic mass is 32.2. The lowest BCUT2D eigenvalue weighted by atomic mass is 10.1. The number of thioether (sulfide) groups is 1. The molecule has 4 rings (SSSR count). The standard InChI is InChI=1S/C18H21N3O2S/c22-17(20-15-7-3-6-14-13(15)8-9-19-14)16-10-24-11-21(16)18(23)12-4-1-2-5-12/h3,6-9,12,16,19H,1-2,4-5,10-11H2,(H,20,22)/t16-/m1/s1. The molecule has 2 amide bonds. The summed E-state index contributed by atoms with van der Waals surface area (Å²) in [6.07, 6.45) is 6.06. The highest BCUT2D eigenvalue weighted by Gasteiger charge is 2.38. The van der Waals surface area contributed by atoms with Crippen molar-refractivity contribution in [2.75, 3.05) is 16.9 Å². The topological polar surface area (TPSA) is 65.2 Å². The number of anilines is 1. The molecule has 0 radical (unpaired) electrons. The van der Waals surface area contributed by atoms with Crippen LogP contribution in [0, 0.1) is 5.92 Å². The van der Waals surface area contributed by atoms with Gasteiger partial charge in [0.25, 0.3) is 0 Å². The molecule has 2 aliphatic rings. The van der Waals surface area contributed by atoms with Crippen molar-refractivity contribution in [1.29, 1.82) is 0 Å². The molecule has 126 valence electrons. The van der Waals surface area contributed by atoms with Crippen LogP contribution in [0.5, 0.6) is 0 Å². The minimum Gasteiger partial charge on any atom is -0.361 e. The van der Waals surface area contributed by atoms with E-state index >= 15 is 0 Å². The highest BCUT2D eigenvalue weighted by Crippen LogP contribution is 2.31. The number of nitrogens with one attached hydrogen (secondary N) is 2. The molecule has 2 N–H and O–H groups in total. The largest absolute Gasteiger partial charge is 0.361 e. The van der Waals surface area contributed by atoms with Gasteiger partial charge in [0, 0.05) is 28.8 Å². The van der Waals surface area contributed by atoms with E-state index in [1.165, 1.54) is 0 Å². The van der Waals surface area contributed by atoms with Crippen LogP contribution in [0.2, 0.25) is 0 Å². The van der Waals surface area contributed by atoms with Crippen molar-refractivity contribution in [2.45, 2.75) is 31.7 Å². The number of rotatable bonds is 3. The Morgan fingerprint density at radius 3 is 2.88 bits per heavy atom. The maximum Gasteiger partial charge on any atom is 0.248 e. The first-order valence-electron chi connectivity index (χ1n) is 8.49. The van der Waals surface area contributed by atoms with E-state index in [1.807, 2.05) is 30.5 Å². The van der Waals surface area contributed by atoms with Gasteiger partial charge >= 0.3 is 0 Å². The smallest absolute Gasteiger partial charge is 0.248 e. The number of fused-ring (bicyclic) bond motifs is 1. The molecule has 2 fully saturated rings.